The van der Waals surface area contributed by atoms with Crippen LogP contribution in [0.1, 0.15) is 0 Å². The van der Waals surface area contributed by atoms with Crippen LogP contribution in [0.25, 0.3) is 131 Å². The van der Waals surface area contributed by atoms with E-state index >= 15 is 0 Å². The normalized spacial score (nSPS) is 12.1. The van der Waals surface area contributed by atoms with E-state index in [4.69, 9.17) is 0 Å². The van der Waals surface area contributed by atoms with Crippen molar-refractivity contribution in [1.29, 1.82) is 0 Å². The molecule has 0 heteroatoms. The van der Waals surface area contributed by atoms with Gasteiger partial charge in [-0.25, -0.2) is 0 Å². The predicted molar refractivity (Wildman–Crippen MR) is 251 cm³/mol. The van der Waals surface area contributed by atoms with Crippen molar-refractivity contribution < 1.29 is 0 Å². The van der Waals surface area contributed by atoms with E-state index in [2.05, 4.69) is 206 Å². The van der Waals surface area contributed by atoms with Crippen molar-refractivity contribution >= 4 is 86.2 Å². The summed E-state index contributed by atoms with van der Waals surface area (Å²) < 4.78 is 0. The van der Waals surface area contributed by atoms with Crippen LogP contribution in [0.2, 0.25) is 0 Å². The summed E-state index contributed by atoms with van der Waals surface area (Å²) in [5, 5.41) is 20.8. The Bertz CT molecular complexity index is 3520. The van der Waals surface area contributed by atoms with Crippen molar-refractivity contribution in [2.75, 3.05) is 0 Å². The number of fused-ring (bicyclic) bond motifs is 2. The molecule has 0 saturated carbocycles. The van der Waals surface area contributed by atoms with Gasteiger partial charge in [-0.3, -0.25) is 0 Å². The van der Waals surface area contributed by atoms with Gasteiger partial charge in [-0.1, -0.05) is 194 Å². The molecule has 0 fully saturated rings. The zero-order valence-electron chi connectivity index (χ0n) is 31.6. The van der Waals surface area contributed by atoms with E-state index in [1.807, 2.05) is 0 Å². The van der Waals surface area contributed by atoms with Crippen molar-refractivity contribution in [3.8, 4) is 44.5 Å². The number of benzene rings is 13. The van der Waals surface area contributed by atoms with Crippen LogP contribution in [-0.4, -0.2) is 0 Å². The van der Waals surface area contributed by atoms with Crippen molar-refractivity contribution in [2.24, 2.45) is 0 Å². The van der Waals surface area contributed by atoms with Crippen LogP contribution in [0.3, 0.4) is 0 Å². The number of hydrogen-bond donors (Lipinski definition) is 0. The van der Waals surface area contributed by atoms with Gasteiger partial charge in [0.2, 0.25) is 0 Å². The van der Waals surface area contributed by atoms with Gasteiger partial charge in [-0.05, 0) is 143 Å². The average Bonchev–Trinajstić information content (AvgIpc) is 3.29. The fourth-order valence-corrected chi connectivity index (χ4v) is 10.2. The fourth-order valence-electron chi connectivity index (χ4n) is 10.2. The van der Waals surface area contributed by atoms with E-state index < -0.39 is 0 Å². The van der Waals surface area contributed by atoms with Crippen LogP contribution in [0.4, 0.5) is 0 Å². The van der Waals surface area contributed by atoms with Gasteiger partial charge in [-0.15, -0.1) is 0 Å². The maximum atomic E-state index is 2.33. The number of hydrogen-bond acceptors (Lipinski definition) is 0. The summed E-state index contributed by atoms with van der Waals surface area (Å²) in [7, 11) is 0. The van der Waals surface area contributed by atoms with Crippen LogP contribution >= 0.6 is 0 Å². The lowest BCUT2D eigenvalue weighted by Gasteiger charge is -2.18. The standard InChI is InChI=1S/C58H34/c1-3-7-43-33-45(15-9-35(43)5-1)49-27-19-41-21-29-51-47(25-17-39-23-31-53(49)57(41)55(39)51)37-11-13-38(14-12-37)48-26-18-40-24-32-54-50(28-20-42-22-30-52(48)56(40)58(42)54)46-16-10-36-6-2-4-8-44(36)34-46/h1-34H. The molecule has 0 radical (unpaired) electrons. The molecule has 0 unspecified atom stereocenters. The molecule has 0 N–H and O–H groups in total. The van der Waals surface area contributed by atoms with Gasteiger partial charge < -0.3 is 0 Å². The molecule has 0 spiro atoms. The van der Waals surface area contributed by atoms with Crippen molar-refractivity contribution in [1.82, 2.24) is 0 Å². The van der Waals surface area contributed by atoms with Gasteiger partial charge in [0.1, 0.15) is 0 Å². The third kappa shape index (κ3) is 4.58. The lowest BCUT2D eigenvalue weighted by atomic mass is 9.86. The zero-order chi connectivity index (χ0) is 37.9. The molecular formula is C58H34. The van der Waals surface area contributed by atoms with Crippen LogP contribution in [0.15, 0.2) is 206 Å². The first-order chi connectivity index (χ1) is 28.7. The molecule has 0 bridgehead atoms. The summed E-state index contributed by atoms with van der Waals surface area (Å²) in [4.78, 5) is 0. The minimum atomic E-state index is 1.23. The third-order valence-corrected chi connectivity index (χ3v) is 13.0. The first-order valence-electron chi connectivity index (χ1n) is 20.2. The lowest BCUT2D eigenvalue weighted by Crippen LogP contribution is -1.90. The lowest BCUT2D eigenvalue weighted by molar-refractivity contribution is 1.64. The fraction of sp³-hybridized carbons (Fsp3) is 0. The molecule has 58 heavy (non-hydrogen) atoms. The van der Waals surface area contributed by atoms with Gasteiger partial charge in [0.25, 0.3) is 0 Å². The van der Waals surface area contributed by atoms with E-state index in [1.54, 1.807) is 0 Å². The molecule has 13 rings (SSSR count). The van der Waals surface area contributed by atoms with E-state index in [0.29, 0.717) is 0 Å². The minimum absolute atomic E-state index is 1.23. The molecule has 0 saturated heterocycles. The monoisotopic (exact) mass is 730 g/mol. The topological polar surface area (TPSA) is 0 Å². The maximum Gasteiger partial charge on any atom is -0.00203 e. The second kappa shape index (κ2) is 12.0. The van der Waals surface area contributed by atoms with Gasteiger partial charge >= 0.3 is 0 Å². The van der Waals surface area contributed by atoms with Gasteiger partial charge in [0.05, 0.1) is 0 Å². The highest BCUT2D eigenvalue weighted by molar-refractivity contribution is 6.29. The Hall–Kier alpha value is -7.54. The van der Waals surface area contributed by atoms with E-state index in [1.165, 1.54) is 131 Å². The van der Waals surface area contributed by atoms with Gasteiger partial charge in [0, 0.05) is 0 Å². The SMILES string of the molecule is c1ccc2cc(-c3ccc4ccc5c(-c6ccc(-c7ccc8ccc9c(-c%10ccc%11ccccc%11c%10)ccc%10ccc7c8c%109)cc6)ccc6ccc3c4c65)ccc2c1. The highest BCUT2D eigenvalue weighted by atomic mass is 14.2. The smallest absolute Gasteiger partial charge is 0.00203 e. The van der Waals surface area contributed by atoms with Gasteiger partial charge in [-0.2, -0.15) is 0 Å². The Morgan fingerprint density at radius 2 is 0.431 bits per heavy atom. The number of rotatable bonds is 4. The molecule has 266 valence electrons. The summed E-state index contributed by atoms with van der Waals surface area (Å²) in [5.74, 6) is 0. The molecule has 0 amide bonds. The quantitative estimate of drug-likeness (QED) is 0.158. The summed E-state index contributed by atoms with van der Waals surface area (Å²) >= 11 is 0. The van der Waals surface area contributed by atoms with Crippen molar-refractivity contribution in [2.45, 2.75) is 0 Å². The average molecular weight is 731 g/mol. The molecule has 0 nitrogen and oxygen atoms in total. The first-order valence-corrected chi connectivity index (χ1v) is 20.2. The summed E-state index contributed by atoms with van der Waals surface area (Å²) in [6.07, 6.45) is 0. The Morgan fingerprint density at radius 3 is 0.776 bits per heavy atom. The van der Waals surface area contributed by atoms with E-state index in [0.717, 1.165) is 0 Å². The van der Waals surface area contributed by atoms with Crippen molar-refractivity contribution in [3.63, 3.8) is 0 Å². The molecule has 0 aliphatic rings. The second-order valence-electron chi connectivity index (χ2n) is 16.0. The predicted octanol–water partition coefficient (Wildman–Crippen LogP) is 16.5. The van der Waals surface area contributed by atoms with Crippen LogP contribution < -0.4 is 0 Å². The summed E-state index contributed by atoms with van der Waals surface area (Å²) in [6, 6.07) is 77.2. The molecule has 0 aliphatic heterocycles. The second-order valence-corrected chi connectivity index (χ2v) is 16.0. The molecule has 13 aromatic carbocycles. The Kier molecular flexibility index (Phi) is 6.54. The largest absolute Gasteiger partial charge is 0.0616 e. The van der Waals surface area contributed by atoms with Crippen LogP contribution in [-0.2, 0) is 0 Å². The molecular weight excluding hydrogens is 697 g/mol. The molecule has 0 aromatic heterocycles. The Balaban J connectivity index is 0.929. The highest BCUT2D eigenvalue weighted by Gasteiger charge is 2.18. The molecule has 0 atom stereocenters. The maximum absolute atomic E-state index is 2.33. The zero-order valence-corrected chi connectivity index (χ0v) is 31.6. The molecule has 0 heterocycles. The highest BCUT2D eigenvalue weighted by Crippen LogP contribution is 2.45. The Morgan fingerprint density at radius 1 is 0.172 bits per heavy atom. The van der Waals surface area contributed by atoms with Crippen molar-refractivity contribution in [3.05, 3.63) is 206 Å². The van der Waals surface area contributed by atoms with E-state index in [9.17, 15) is 0 Å². The van der Waals surface area contributed by atoms with Crippen LogP contribution in [0, 0.1) is 0 Å². The van der Waals surface area contributed by atoms with E-state index in [-0.39, 0.29) is 0 Å². The summed E-state index contributed by atoms with van der Waals surface area (Å²) in [6.45, 7) is 0. The first kappa shape index (κ1) is 31.6. The minimum Gasteiger partial charge on any atom is -0.0616 e. The van der Waals surface area contributed by atoms with Gasteiger partial charge in [0.15, 0.2) is 0 Å². The molecule has 13 aromatic rings. The third-order valence-electron chi connectivity index (χ3n) is 13.0. The molecule has 0 aliphatic carbocycles. The summed E-state index contributed by atoms with van der Waals surface area (Å²) in [5.41, 5.74) is 10.1. The Labute approximate surface area is 335 Å². The van der Waals surface area contributed by atoms with Crippen LogP contribution in [0.5, 0.6) is 0 Å².